The van der Waals surface area contributed by atoms with Crippen molar-refractivity contribution in [1.29, 1.82) is 0 Å². The summed E-state index contributed by atoms with van der Waals surface area (Å²) >= 11 is 6.20. The molecule has 0 heterocycles. The standard InChI is InChI=1S/C26H22ClNO3/c1-17(29)19-13-12-18(25(27)15-19)7-6-14-28-26(30)31-16-24-22-10-4-2-8-20(22)21-9-3-5-11-23(21)24/h2-13,15,24H,14,16H2,1H3,(H,28,30). The third kappa shape index (κ3) is 4.54. The summed E-state index contributed by atoms with van der Waals surface area (Å²) in [5, 5.41) is 3.22. The highest BCUT2D eigenvalue weighted by Crippen LogP contribution is 2.44. The van der Waals surface area contributed by atoms with Crippen molar-refractivity contribution in [1.82, 2.24) is 5.32 Å². The first-order chi connectivity index (χ1) is 15.0. The number of benzene rings is 3. The summed E-state index contributed by atoms with van der Waals surface area (Å²) in [6, 6.07) is 21.6. The van der Waals surface area contributed by atoms with Gasteiger partial charge in [0.05, 0.1) is 0 Å². The number of hydrogen-bond donors (Lipinski definition) is 1. The molecule has 0 saturated heterocycles. The molecule has 0 bridgehead atoms. The van der Waals surface area contributed by atoms with Gasteiger partial charge < -0.3 is 10.1 Å². The molecule has 31 heavy (non-hydrogen) atoms. The molecule has 0 atom stereocenters. The average molecular weight is 432 g/mol. The zero-order valence-corrected chi connectivity index (χ0v) is 17.9. The third-order valence-corrected chi connectivity index (χ3v) is 5.74. The highest BCUT2D eigenvalue weighted by atomic mass is 35.5. The first-order valence-corrected chi connectivity index (χ1v) is 10.5. The fraction of sp³-hybridized carbons (Fsp3) is 0.154. The van der Waals surface area contributed by atoms with E-state index in [4.69, 9.17) is 16.3 Å². The minimum absolute atomic E-state index is 0.0330. The number of fused-ring (bicyclic) bond motifs is 3. The Morgan fingerprint density at radius 1 is 1.00 bits per heavy atom. The number of rotatable bonds is 6. The lowest BCUT2D eigenvalue weighted by atomic mass is 9.98. The van der Waals surface area contributed by atoms with E-state index >= 15 is 0 Å². The van der Waals surface area contributed by atoms with Crippen molar-refractivity contribution in [2.75, 3.05) is 13.2 Å². The molecule has 5 heteroatoms. The van der Waals surface area contributed by atoms with Crippen LogP contribution < -0.4 is 5.32 Å². The molecule has 1 aliphatic rings. The summed E-state index contributed by atoms with van der Waals surface area (Å²) in [6.07, 6.45) is 3.12. The van der Waals surface area contributed by atoms with Crippen LogP contribution in [0.4, 0.5) is 4.79 Å². The zero-order valence-electron chi connectivity index (χ0n) is 17.1. The lowest BCUT2D eigenvalue weighted by Gasteiger charge is -2.14. The Hall–Kier alpha value is -3.37. The normalized spacial score (nSPS) is 12.5. The second kappa shape index (κ2) is 9.19. The average Bonchev–Trinajstić information content (AvgIpc) is 3.10. The summed E-state index contributed by atoms with van der Waals surface area (Å²) in [4.78, 5) is 23.6. The highest BCUT2D eigenvalue weighted by molar-refractivity contribution is 6.32. The number of halogens is 1. The van der Waals surface area contributed by atoms with Gasteiger partial charge in [0.25, 0.3) is 0 Å². The highest BCUT2D eigenvalue weighted by Gasteiger charge is 2.28. The van der Waals surface area contributed by atoms with Crippen molar-refractivity contribution in [3.05, 3.63) is 100 Å². The van der Waals surface area contributed by atoms with Gasteiger partial charge in [0.2, 0.25) is 0 Å². The van der Waals surface area contributed by atoms with Gasteiger partial charge in [-0.3, -0.25) is 4.79 Å². The van der Waals surface area contributed by atoms with Gasteiger partial charge in [-0.2, -0.15) is 0 Å². The van der Waals surface area contributed by atoms with Crippen LogP contribution in [-0.2, 0) is 4.74 Å². The molecule has 4 nitrogen and oxygen atoms in total. The first-order valence-electron chi connectivity index (χ1n) is 10.1. The largest absolute Gasteiger partial charge is 0.449 e. The molecule has 1 amide bonds. The zero-order chi connectivity index (χ0) is 21.8. The number of carbonyl (C=O) groups is 2. The van der Waals surface area contributed by atoms with Gasteiger partial charge in [0.1, 0.15) is 6.61 Å². The Morgan fingerprint density at radius 3 is 2.26 bits per heavy atom. The lowest BCUT2D eigenvalue weighted by molar-refractivity contribution is 0.101. The van der Waals surface area contributed by atoms with Crippen molar-refractivity contribution >= 4 is 29.6 Å². The van der Waals surface area contributed by atoms with Crippen LogP contribution in [0.3, 0.4) is 0 Å². The van der Waals surface area contributed by atoms with Crippen LogP contribution >= 0.6 is 11.6 Å². The van der Waals surface area contributed by atoms with Crippen molar-refractivity contribution in [3.8, 4) is 11.1 Å². The van der Waals surface area contributed by atoms with Crippen molar-refractivity contribution in [3.63, 3.8) is 0 Å². The monoisotopic (exact) mass is 431 g/mol. The van der Waals surface area contributed by atoms with Crippen molar-refractivity contribution < 1.29 is 14.3 Å². The number of carbonyl (C=O) groups excluding carboxylic acids is 2. The minimum Gasteiger partial charge on any atom is -0.449 e. The van der Waals surface area contributed by atoms with Gasteiger partial charge >= 0.3 is 6.09 Å². The number of ketones is 1. The summed E-state index contributed by atoms with van der Waals surface area (Å²) in [7, 11) is 0. The molecule has 0 saturated carbocycles. The Bertz CT molecular complexity index is 1120. The first kappa shape index (κ1) is 20.9. The van der Waals surface area contributed by atoms with Crippen molar-refractivity contribution in [2.24, 2.45) is 0 Å². The summed E-state index contributed by atoms with van der Waals surface area (Å²) in [5.41, 5.74) is 6.10. The maximum Gasteiger partial charge on any atom is 0.407 e. The Labute approximate surface area is 186 Å². The predicted octanol–water partition coefficient (Wildman–Crippen LogP) is 6.09. The number of nitrogens with one attached hydrogen (secondary N) is 1. The molecular formula is C26H22ClNO3. The maximum atomic E-state index is 12.2. The van der Waals surface area contributed by atoms with Gasteiger partial charge in [-0.15, -0.1) is 0 Å². The fourth-order valence-corrected chi connectivity index (χ4v) is 4.10. The van der Waals surface area contributed by atoms with Crippen LogP contribution in [0.5, 0.6) is 0 Å². The molecule has 0 radical (unpaired) electrons. The number of Topliss-reactive ketones (excluding diaryl/α,β-unsaturated/α-hetero) is 1. The number of amides is 1. The molecular weight excluding hydrogens is 410 g/mol. The van der Waals surface area contributed by atoms with Crippen LogP contribution in [0.25, 0.3) is 17.2 Å². The van der Waals surface area contributed by atoms with E-state index < -0.39 is 6.09 Å². The topological polar surface area (TPSA) is 55.4 Å². The Balaban J connectivity index is 1.32. The van der Waals surface area contributed by atoms with Crippen LogP contribution in [0.15, 0.2) is 72.8 Å². The molecule has 3 aromatic carbocycles. The fourth-order valence-electron chi connectivity index (χ4n) is 3.86. The van der Waals surface area contributed by atoms with E-state index in [0.29, 0.717) is 17.1 Å². The van der Waals surface area contributed by atoms with Crippen LogP contribution in [-0.4, -0.2) is 25.0 Å². The predicted molar refractivity (Wildman–Crippen MR) is 124 cm³/mol. The molecule has 0 spiro atoms. The van der Waals surface area contributed by atoms with Crippen LogP contribution in [0.2, 0.25) is 5.02 Å². The smallest absolute Gasteiger partial charge is 0.407 e. The second-order valence-electron chi connectivity index (χ2n) is 7.40. The van der Waals surface area contributed by atoms with Crippen LogP contribution in [0, 0.1) is 0 Å². The lowest BCUT2D eigenvalue weighted by Crippen LogP contribution is -2.26. The number of alkyl carbamates (subject to hydrolysis) is 1. The maximum absolute atomic E-state index is 12.2. The molecule has 1 aliphatic carbocycles. The van der Waals surface area contributed by atoms with Gasteiger partial charge in [0, 0.05) is 23.0 Å². The van der Waals surface area contributed by atoms with Gasteiger partial charge in [0.15, 0.2) is 5.78 Å². The SMILES string of the molecule is CC(=O)c1ccc(C=CCNC(=O)OCC2c3ccccc3-c3ccccc32)c(Cl)c1. The quantitative estimate of drug-likeness (QED) is 0.480. The Kier molecular flexibility index (Phi) is 6.19. The van der Waals surface area contributed by atoms with Crippen molar-refractivity contribution in [2.45, 2.75) is 12.8 Å². The summed E-state index contributed by atoms with van der Waals surface area (Å²) in [5.74, 6) is 0.00152. The second-order valence-corrected chi connectivity index (χ2v) is 7.81. The number of hydrogen-bond acceptors (Lipinski definition) is 3. The van der Waals surface area contributed by atoms with Crippen LogP contribution in [0.1, 0.15) is 39.9 Å². The minimum atomic E-state index is -0.468. The molecule has 0 aliphatic heterocycles. The Morgan fingerprint density at radius 2 is 1.65 bits per heavy atom. The van der Waals surface area contributed by atoms with E-state index in [1.807, 2.05) is 24.3 Å². The molecule has 0 unspecified atom stereocenters. The summed E-state index contributed by atoms with van der Waals surface area (Å²) in [6.45, 7) is 2.09. The van der Waals surface area contributed by atoms with Gasteiger partial charge in [-0.05, 0) is 40.8 Å². The van der Waals surface area contributed by atoms with E-state index in [0.717, 1.165) is 5.56 Å². The van der Waals surface area contributed by atoms with E-state index in [1.165, 1.54) is 29.2 Å². The number of ether oxygens (including phenoxy) is 1. The molecule has 0 aromatic heterocycles. The summed E-state index contributed by atoms with van der Waals surface area (Å²) < 4.78 is 5.51. The van der Waals surface area contributed by atoms with E-state index in [1.54, 1.807) is 30.4 Å². The van der Waals surface area contributed by atoms with Gasteiger partial charge in [-0.25, -0.2) is 4.79 Å². The molecule has 4 rings (SSSR count). The van der Waals surface area contributed by atoms with E-state index in [9.17, 15) is 9.59 Å². The molecule has 0 fully saturated rings. The molecule has 156 valence electrons. The molecule has 1 N–H and O–H groups in total. The van der Waals surface area contributed by atoms with E-state index in [2.05, 4.69) is 29.6 Å². The molecule has 3 aromatic rings. The third-order valence-electron chi connectivity index (χ3n) is 5.41. The van der Waals surface area contributed by atoms with E-state index in [-0.39, 0.29) is 18.3 Å². The van der Waals surface area contributed by atoms with Gasteiger partial charge in [-0.1, -0.05) is 84.4 Å².